The molecule has 2 saturated heterocycles. The maximum atomic E-state index is 7.15. The van der Waals surface area contributed by atoms with Crippen LogP contribution in [-0.2, 0) is 0 Å². The predicted octanol–water partition coefficient (Wildman–Crippen LogP) is 18.8. The number of nitrogens with zero attached hydrogens (tertiary/aromatic N) is 2. The summed E-state index contributed by atoms with van der Waals surface area (Å²) in [6.07, 6.45) is 32.9. The molecule has 15 unspecified atom stereocenters. The van der Waals surface area contributed by atoms with E-state index < -0.39 is 5.54 Å². The standard InChI is InChI=1S/C64H110N4S.C2H6.C2H4/c1-19-59-42-58(33-34-60(59)65)41-50(10)63(69)35-31-45(5)39-49(9)54(14)55(15)53(13)48(8)38-44(4)26-21-20-22-27-47(7)62(67-37-25-28-52(67)12)40-46(6)30-32-51(11)64(18,66)56(16)57(17)68-36-24-23-29-61(68)43(2)3;2*1-2/h20-22,26-27,39,44-46,48,50-51,54-55,58-63,69H,2,12-13,16-17,19,23-25,28-38,40-42,65-66H2,1,3-11,14-15,18H3;1-2H3;1-2H2/b22-20+,26-21+,47-27+,49-39+;;. The van der Waals surface area contributed by atoms with E-state index in [1.165, 1.54) is 92.2 Å². The van der Waals surface area contributed by atoms with E-state index in [0.717, 1.165) is 68.8 Å². The maximum absolute atomic E-state index is 7.15. The molecule has 15 atom stereocenters. The summed E-state index contributed by atoms with van der Waals surface area (Å²) >= 11 is 5.14. The van der Waals surface area contributed by atoms with Crippen molar-refractivity contribution in [2.45, 2.75) is 236 Å². The number of allylic oxidation sites excluding steroid dienone is 9. The van der Waals surface area contributed by atoms with Crippen LogP contribution in [0, 0.1) is 59.2 Å². The Morgan fingerprint density at radius 3 is 2.05 bits per heavy atom. The smallest absolute Gasteiger partial charge is 0.0502 e. The molecule has 1 saturated carbocycles. The van der Waals surface area contributed by atoms with Crippen LogP contribution in [-0.4, -0.2) is 51.8 Å². The van der Waals surface area contributed by atoms with Crippen LogP contribution in [0.4, 0.5) is 0 Å². The molecule has 73 heavy (non-hydrogen) atoms. The molecule has 2 aliphatic heterocycles. The van der Waals surface area contributed by atoms with Crippen molar-refractivity contribution < 1.29 is 0 Å². The lowest BCUT2D eigenvalue weighted by Crippen LogP contribution is -2.49. The van der Waals surface area contributed by atoms with Gasteiger partial charge in [-0.05, 0) is 182 Å². The Kier molecular flexibility index (Phi) is 32.6. The molecule has 1 aliphatic carbocycles. The third-order valence-electron chi connectivity index (χ3n) is 18.3. The second-order valence-electron chi connectivity index (χ2n) is 24.2. The lowest BCUT2D eigenvalue weighted by molar-refractivity contribution is 0.199. The molecule has 3 fully saturated rings. The largest absolute Gasteiger partial charge is 0.369 e. The molecule has 0 aromatic heterocycles. The van der Waals surface area contributed by atoms with Gasteiger partial charge in [-0.2, -0.15) is 12.6 Å². The van der Waals surface area contributed by atoms with Gasteiger partial charge in [-0.1, -0.05) is 181 Å². The van der Waals surface area contributed by atoms with Crippen LogP contribution < -0.4 is 11.5 Å². The highest BCUT2D eigenvalue weighted by molar-refractivity contribution is 7.81. The second kappa shape index (κ2) is 34.8. The molecular weight excluding hydrogens is 905 g/mol. The fourth-order valence-electron chi connectivity index (χ4n) is 12.3. The van der Waals surface area contributed by atoms with Gasteiger partial charge in [0, 0.05) is 47.4 Å². The van der Waals surface area contributed by atoms with Crippen molar-refractivity contribution in [3.05, 3.63) is 122 Å². The van der Waals surface area contributed by atoms with Crippen LogP contribution in [0.2, 0.25) is 0 Å². The normalized spacial score (nSPS) is 24.9. The van der Waals surface area contributed by atoms with Gasteiger partial charge in [0.25, 0.3) is 0 Å². The first kappa shape index (κ1) is 68.3. The molecule has 2 heterocycles. The van der Waals surface area contributed by atoms with Crippen molar-refractivity contribution >= 4 is 12.6 Å². The molecule has 4 N–H and O–H groups in total. The van der Waals surface area contributed by atoms with Gasteiger partial charge in [0.2, 0.25) is 0 Å². The van der Waals surface area contributed by atoms with E-state index in [1.54, 1.807) is 0 Å². The average Bonchev–Trinajstić information content (AvgIpc) is 3.81. The summed E-state index contributed by atoms with van der Waals surface area (Å²) in [4.78, 5) is 5.00. The van der Waals surface area contributed by atoms with E-state index in [0.29, 0.717) is 70.7 Å². The van der Waals surface area contributed by atoms with Crippen molar-refractivity contribution in [2.75, 3.05) is 13.1 Å². The quantitative estimate of drug-likeness (QED) is 0.0397. The number of likely N-dealkylation sites (tertiary alicyclic amines) is 2. The molecule has 0 spiro atoms. The zero-order chi connectivity index (χ0) is 55.7. The van der Waals surface area contributed by atoms with Crippen LogP contribution in [0.5, 0.6) is 0 Å². The number of piperidine rings is 1. The number of rotatable bonds is 29. The summed E-state index contributed by atoms with van der Waals surface area (Å²) < 4.78 is 0. The molecule has 3 aliphatic rings. The van der Waals surface area contributed by atoms with Gasteiger partial charge in [-0.3, -0.25) is 0 Å². The van der Waals surface area contributed by atoms with Crippen LogP contribution in [0.25, 0.3) is 0 Å². The minimum Gasteiger partial charge on any atom is -0.369 e. The van der Waals surface area contributed by atoms with Crippen molar-refractivity contribution in [3.63, 3.8) is 0 Å². The van der Waals surface area contributed by atoms with Crippen LogP contribution >= 0.6 is 12.6 Å². The molecule has 0 aromatic rings. The molecule has 5 heteroatoms. The highest BCUT2D eigenvalue weighted by Gasteiger charge is 2.36. The number of hydrogen-bond donors (Lipinski definition) is 3. The Morgan fingerprint density at radius 2 is 1.45 bits per heavy atom. The molecule has 0 bridgehead atoms. The van der Waals surface area contributed by atoms with E-state index in [4.69, 9.17) is 24.1 Å². The Morgan fingerprint density at radius 1 is 0.795 bits per heavy atom. The highest BCUT2D eigenvalue weighted by Crippen LogP contribution is 2.39. The third kappa shape index (κ3) is 22.0. The average molecular weight is 1030 g/mol. The number of hydrogen-bond acceptors (Lipinski definition) is 5. The SMILES string of the molecule is C=C.C=C(C(C)CC(C)/C=C/C=C/C=C(\C)C(CC(C)CCC(C)C(C)(N)C(=C)C(=C)N1CCCCC1C(=C)C)N1CCCC1=C)C(C)C(C)/C(C)=C/C(C)CCC(S)C(C)CC1CCC(N)C(CC)C1.CC. The Hall–Kier alpha value is -2.73. The maximum Gasteiger partial charge on any atom is 0.0502 e. The zero-order valence-corrected chi connectivity index (χ0v) is 51.6. The molecule has 3 rings (SSSR count). The van der Waals surface area contributed by atoms with Crippen LogP contribution in [0.15, 0.2) is 122 Å². The Bertz CT molecular complexity index is 1790. The second-order valence-corrected chi connectivity index (χ2v) is 24.8. The van der Waals surface area contributed by atoms with E-state index in [-0.39, 0.29) is 5.92 Å². The first-order valence-corrected chi connectivity index (χ1v) is 30.3. The van der Waals surface area contributed by atoms with Gasteiger partial charge < -0.3 is 21.3 Å². The number of thiol groups is 1. The first-order valence-electron chi connectivity index (χ1n) is 29.8. The summed E-state index contributed by atoms with van der Waals surface area (Å²) in [5.41, 5.74) is 21.8. The zero-order valence-electron chi connectivity index (χ0n) is 50.7. The van der Waals surface area contributed by atoms with E-state index in [9.17, 15) is 0 Å². The summed E-state index contributed by atoms with van der Waals surface area (Å²) in [5, 5.41) is 0.465. The highest BCUT2D eigenvalue weighted by atomic mass is 32.1. The van der Waals surface area contributed by atoms with Gasteiger partial charge >= 0.3 is 0 Å². The minimum atomic E-state index is -0.528. The first-order chi connectivity index (χ1) is 34.4. The summed E-state index contributed by atoms with van der Waals surface area (Å²) in [6, 6.07) is 1.10. The van der Waals surface area contributed by atoms with Gasteiger partial charge in [0.15, 0.2) is 0 Å². The number of nitrogens with two attached hydrogens (primary N) is 2. The lowest BCUT2D eigenvalue weighted by atomic mass is 9.73. The monoisotopic (exact) mass is 1020 g/mol. The summed E-state index contributed by atoms with van der Waals surface area (Å²) in [7, 11) is 0. The Labute approximate surface area is 461 Å². The van der Waals surface area contributed by atoms with Crippen molar-refractivity contribution in [2.24, 2.45) is 70.6 Å². The van der Waals surface area contributed by atoms with E-state index in [2.05, 4.69) is 182 Å². The van der Waals surface area contributed by atoms with Crippen LogP contribution in [0.3, 0.4) is 0 Å². The van der Waals surface area contributed by atoms with Crippen molar-refractivity contribution in [1.82, 2.24) is 9.80 Å². The van der Waals surface area contributed by atoms with Crippen molar-refractivity contribution in [3.8, 4) is 0 Å². The van der Waals surface area contributed by atoms with E-state index >= 15 is 0 Å². The molecule has 4 nitrogen and oxygen atoms in total. The topological polar surface area (TPSA) is 58.5 Å². The third-order valence-corrected chi connectivity index (χ3v) is 19.0. The fraction of sp³-hybridized carbons (Fsp3) is 0.706. The predicted molar refractivity (Wildman–Crippen MR) is 334 cm³/mol. The van der Waals surface area contributed by atoms with Crippen LogP contribution in [0.1, 0.15) is 207 Å². The summed E-state index contributed by atoms with van der Waals surface area (Å²) in [5.74, 6) is 5.42. The molecule has 418 valence electrons. The molecular formula is C68H120N4S. The van der Waals surface area contributed by atoms with Gasteiger partial charge in [0.05, 0.1) is 6.04 Å². The minimum absolute atomic E-state index is 0.280. The fourth-order valence-corrected chi connectivity index (χ4v) is 12.6. The molecule has 0 amide bonds. The van der Waals surface area contributed by atoms with Gasteiger partial charge in [-0.15, -0.1) is 13.2 Å². The van der Waals surface area contributed by atoms with Gasteiger partial charge in [0.1, 0.15) is 0 Å². The molecule has 0 aromatic carbocycles. The Balaban J connectivity index is 0.00000649. The summed E-state index contributed by atoms with van der Waals surface area (Å²) in [6.45, 7) is 65.0. The lowest BCUT2D eigenvalue weighted by Gasteiger charge is -2.44. The van der Waals surface area contributed by atoms with Crippen molar-refractivity contribution in [1.29, 1.82) is 0 Å². The van der Waals surface area contributed by atoms with Gasteiger partial charge in [-0.25, -0.2) is 0 Å². The van der Waals surface area contributed by atoms with E-state index in [1.807, 2.05) is 13.8 Å². The molecule has 0 radical (unpaired) electrons.